The minimum absolute atomic E-state index is 0.0218. The van der Waals surface area contributed by atoms with Gasteiger partial charge in [0.25, 0.3) is 0 Å². The van der Waals surface area contributed by atoms with E-state index in [2.05, 4.69) is 5.32 Å². The van der Waals surface area contributed by atoms with Gasteiger partial charge in [0.05, 0.1) is 19.0 Å². The fourth-order valence-electron chi connectivity index (χ4n) is 3.38. The molecule has 3 rings (SSSR count). The lowest BCUT2D eigenvalue weighted by molar-refractivity contribution is -0.121. The Hall–Kier alpha value is -3.47. The summed E-state index contributed by atoms with van der Waals surface area (Å²) in [5.41, 5.74) is 3.52. The topological polar surface area (TPSA) is 49.4 Å². The van der Waals surface area contributed by atoms with Crippen molar-refractivity contribution in [2.45, 2.75) is 39.3 Å². The fourth-order valence-corrected chi connectivity index (χ4v) is 3.38. The highest BCUT2D eigenvalue weighted by atomic mass is 19.1. The zero-order chi connectivity index (χ0) is 22.2. The molecule has 0 saturated heterocycles. The van der Waals surface area contributed by atoms with Gasteiger partial charge in [-0.1, -0.05) is 61.5 Å². The zero-order valence-electron chi connectivity index (χ0n) is 17.8. The van der Waals surface area contributed by atoms with Gasteiger partial charge in [0.2, 0.25) is 11.8 Å². The lowest BCUT2D eigenvalue weighted by Crippen LogP contribution is -2.30. The quantitative estimate of drug-likeness (QED) is 0.547. The standard InChI is InChI=1S/C26H27FN2O2/c1-3-26(31)29(18-21-9-13-23(27)14-10-21)24-15-11-20(12-16-24)17-25(30)28-19(2)22-7-5-4-6-8-22/h4-16,19H,3,17-18H2,1-2H3,(H,28,30). The maximum Gasteiger partial charge on any atom is 0.227 e. The van der Waals surface area contributed by atoms with E-state index in [1.165, 1.54) is 12.1 Å². The second kappa shape index (κ2) is 10.5. The highest BCUT2D eigenvalue weighted by Gasteiger charge is 2.15. The smallest absolute Gasteiger partial charge is 0.227 e. The summed E-state index contributed by atoms with van der Waals surface area (Å²) in [4.78, 5) is 26.6. The first-order chi connectivity index (χ1) is 15.0. The molecule has 0 saturated carbocycles. The first-order valence-electron chi connectivity index (χ1n) is 10.4. The third kappa shape index (κ3) is 6.25. The van der Waals surface area contributed by atoms with Crippen LogP contribution < -0.4 is 10.2 Å². The number of benzene rings is 3. The predicted octanol–water partition coefficient (Wildman–Crippen LogP) is 5.19. The molecule has 0 aliphatic rings. The molecule has 0 aliphatic heterocycles. The molecule has 160 valence electrons. The van der Waals surface area contributed by atoms with E-state index < -0.39 is 0 Å². The molecule has 0 radical (unpaired) electrons. The first kappa shape index (κ1) is 22.2. The van der Waals surface area contributed by atoms with Gasteiger partial charge >= 0.3 is 0 Å². The molecule has 0 aromatic heterocycles. The minimum Gasteiger partial charge on any atom is -0.349 e. The molecule has 3 aromatic carbocycles. The summed E-state index contributed by atoms with van der Waals surface area (Å²) in [5, 5.41) is 3.01. The lowest BCUT2D eigenvalue weighted by Gasteiger charge is -2.23. The van der Waals surface area contributed by atoms with Crippen LogP contribution in [0.4, 0.5) is 10.1 Å². The molecule has 0 heterocycles. The van der Waals surface area contributed by atoms with Crippen molar-refractivity contribution < 1.29 is 14.0 Å². The van der Waals surface area contributed by atoms with Crippen LogP contribution >= 0.6 is 0 Å². The van der Waals surface area contributed by atoms with Crippen molar-refractivity contribution in [3.63, 3.8) is 0 Å². The molecule has 3 aromatic rings. The van der Waals surface area contributed by atoms with Crippen LogP contribution in [-0.2, 0) is 22.6 Å². The van der Waals surface area contributed by atoms with Crippen molar-refractivity contribution >= 4 is 17.5 Å². The van der Waals surface area contributed by atoms with E-state index in [4.69, 9.17) is 0 Å². The third-order valence-electron chi connectivity index (χ3n) is 5.15. The molecule has 0 fully saturated rings. The number of rotatable bonds is 8. The average molecular weight is 419 g/mol. The highest BCUT2D eigenvalue weighted by Crippen LogP contribution is 2.20. The molecule has 1 unspecified atom stereocenters. The second-order valence-electron chi connectivity index (χ2n) is 7.50. The predicted molar refractivity (Wildman–Crippen MR) is 121 cm³/mol. The molecule has 1 N–H and O–H groups in total. The Bertz CT molecular complexity index is 1000. The van der Waals surface area contributed by atoms with E-state index in [0.29, 0.717) is 13.0 Å². The largest absolute Gasteiger partial charge is 0.349 e. The van der Waals surface area contributed by atoms with Gasteiger partial charge in [-0.05, 0) is 47.9 Å². The number of carbonyl (C=O) groups excluding carboxylic acids is 2. The van der Waals surface area contributed by atoms with Crippen molar-refractivity contribution in [2.75, 3.05) is 4.90 Å². The number of nitrogens with one attached hydrogen (secondary N) is 1. The monoisotopic (exact) mass is 418 g/mol. The van der Waals surface area contributed by atoms with Crippen molar-refractivity contribution in [3.8, 4) is 0 Å². The van der Waals surface area contributed by atoms with Crippen LogP contribution in [0.15, 0.2) is 78.9 Å². The van der Waals surface area contributed by atoms with Crippen LogP contribution in [0, 0.1) is 5.82 Å². The van der Waals surface area contributed by atoms with Crippen LogP contribution in [0.1, 0.15) is 43.0 Å². The van der Waals surface area contributed by atoms with Gasteiger partial charge in [0.15, 0.2) is 0 Å². The average Bonchev–Trinajstić information content (AvgIpc) is 2.79. The molecule has 0 spiro atoms. The Balaban J connectivity index is 1.65. The summed E-state index contributed by atoms with van der Waals surface area (Å²) < 4.78 is 13.2. The molecule has 0 bridgehead atoms. The van der Waals surface area contributed by atoms with Crippen LogP contribution in [0.5, 0.6) is 0 Å². The lowest BCUT2D eigenvalue weighted by atomic mass is 10.1. The maximum absolute atomic E-state index is 13.2. The summed E-state index contributed by atoms with van der Waals surface area (Å²) in [6, 6.07) is 23.3. The van der Waals surface area contributed by atoms with Gasteiger partial charge in [-0.25, -0.2) is 4.39 Å². The summed E-state index contributed by atoms with van der Waals surface area (Å²) in [6.45, 7) is 4.13. The Kier molecular flexibility index (Phi) is 7.55. The van der Waals surface area contributed by atoms with E-state index in [0.717, 1.165) is 22.4 Å². The number of anilines is 1. The van der Waals surface area contributed by atoms with Crippen molar-refractivity contribution in [1.82, 2.24) is 5.32 Å². The summed E-state index contributed by atoms with van der Waals surface area (Å²) in [6.07, 6.45) is 0.625. The minimum atomic E-state index is -0.304. The van der Waals surface area contributed by atoms with E-state index in [-0.39, 0.29) is 30.1 Å². The molecular formula is C26H27FN2O2. The van der Waals surface area contributed by atoms with Gasteiger partial charge in [-0.3, -0.25) is 9.59 Å². The highest BCUT2D eigenvalue weighted by molar-refractivity contribution is 5.93. The van der Waals surface area contributed by atoms with Crippen LogP contribution in [0.25, 0.3) is 0 Å². The summed E-state index contributed by atoms with van der Waals surface area (Å²) >= 11 is 0. The summed E-state index contributed by atoms with van der Waals surface area (Å²) in [5.74, 6) is -0.384. The van der Waals surface area contributed by atoms with Crippen molar-refractivity contribution in [3.05, 3.63) is 101 Å². The molecule has 2 amide bonds. The fraction of sp³-hybridized carbons (Fsp3) is 0.231. The van der Waals surface area contributed by atoms with Crippen LogP contribution in [0.2, 0.25) is 0 Å². The van der Waals surface area contributed by atoms with Gasteiger partial charge in [-0.2, -0.15) is 0 Å². The van der Waals surface area contributed by atoms with E-state index in [9.17, 15) is 14.0 Å². The van der Waals surface area contributed by atoms with Crippen molar-refractivity contribution in [1.29, 1.82) is 0 Å². The number of halogens is 1. The third-order valence-corrected chi connectivity index (χ3v) is 5.15. The van der Waals surface area contributed by atoms with Gasteiger partial charge in [0, 0.05) is 12.1 Å². The van der Waals surface area contributed by atoms with E-state index in [1.807, 2.05) is 68.4 Å². The number of hydrogen-bond donors (Lipinski definition) is 1. The van der Waals surface area contributed by atoms with Crippen LogP contribution in [0.3, 0.4) is 0 Å². The molecule has 0 aliphatic carbocycles. The number of amides is 2. The number of nitrogens with zero attached hydrogens (tertiary/aromatic N) is 1. The van der Waals surface area contributed by atoms with Crippen molar-refractivity contribution in [2.24, 2.45) is 0 Å². The Morgan fingerprint density at radius 2 is 1.52 bits per heavy atom. The van der Waals surface area contributed by atoms with Gasteiger partial charge in [-0.15, -0.1) is 0 Å². The molecule has 5 heteroatoms. The molecule has 4 nitrogen and oxygen atoms in total. The Morgan fingerprint density at radius 1 is 0.903 bits per heavy atom. The first-order valence-corrected chi connectivity index (χ1v) is 10.4. The summed E-state index contributed by atoms with van der Waals surface area (Å²) in [7, 11) is 0. The van der Waals surface area contributed by atoms with Gasteiger partial charge in [0.1, 0.15) is 5.82 Å². The molecular weight excluding hydrogens is 391 g/mol. The molecule has 1 atom stereocenters. The zero-order valence-corrected chi connectivity index (χ0v) is 17.8. The van der Waals surface area contributed by atoms with E-state index >= 15 is 0 Å². The molecule has 31 heavy (non-hydrogen) atoms. The SMILES string of the molecule is CCC(=O)N(Cc1ccc(F)cc1)c1ccc(CC(=O)NC(C)c2ccccc2)cc1. The van der Waals surface area contributed by atoms with Gasteiger partial charge < -0.3 is 10.2 Å². The van der Waals surface area contributed by atoms with E-state index in [1.54, 1.807) is 17.0 Å². The second-order valence-corrected chi connectivity index (χ2v) is 7.50. The Labute approximate surface area is 182 Å². The number of hydrogen-bond acceptors (Lipinski definition) is 2. The Morgan fingerprint density at radius 3 is 2.13 bits per heavy atom. The number of carbonyl (C=O) groups is 2. The van der Waals surface area contributed by atoms with Crippen LogP contribution in [-0.4, -0.2) is 11.8 Å². The normalized spacial score (nSPS) is 11.6. The maximum atomic E-state index is 13.2.